The van der Waals surface area contributed by atoms with Crippen molar-refractivity contribution in [1.82, 2.24) is 0 Å². The normalized spacial score (nSPS) is 10.2. The van der Waals surface area contributed by atoms with Gasteiger partial charge in [0.1, 0.15) is 24.7 Å². The summed E-state index contributed by atoms with van der Waals surface area (Å²) in [4.78, 5) is 23.1. The SMILES string of the molecule is CC(=O)c1ccccc1OCCOc1cc(C)ccc1C(C)=O. The molecular weight excluding hydrogens is 292 g/mol. The number of rotatable bonds is 7. The van der Waals surface area contributed by atoms with E-state index in [0.29, 0.717) is 22.6 Å². The zero-order valence-electron chi connectivity index (χ0n) is 13.6. The van der Waals surface area contributed by atoms with Crippen molar-refractivity contribution in [3.8, 4) is 11.5 Å². The molecule has 0 saturated heterocycles. The van der Waals surface area contributed by atoms with Gasteiger partial charge < -0.3 is 9.47 Å². The number of hydrogen-bond donors (Lipinski definition) is 0. The largest absolute Gasteiger partial charge is 0.489 e. The van der Waals surface area contributed by atoms with Gasteiger partial charge in [-0.1, -0.05) is 18.2 Å². The van der Waals surface area contributed by atoms with Crippen LogP contribution in [0.3, 0.4) is 0 Å². The summed E-state index contributed by atoms with van der Waals surface area (Å²) >= 11 is 0. The number of aryl methyl sites for hydroxylation is 1. The predicted octanol–water partition coefficient (Wildman–Crippen LogP) is 3.86. The Labute approximate surface area is 136 Å². The lowest BCUT2D eigenvalue weighted by Crippen LogP contribution is -2.12. The first-order chi connectivity index (χ1) is 11.0. The Morgan fingerprint density at radius 1 is 0.826 bits per heavy atom. The lowest BCUT2D eigenvalue weighted by Gasteiger charge is -2.13. The van der Waals surface area contributed by atoms with Gasteiger partial charge in [0.15, 0.2) is 11.6 Å². The van der Waals surface area contributed by atoms with Crippen molar-refractivity contribution in [1.29, 1.82) is 0 Å². The minimum atomic E-state index is -0.0425. The first-order valence-electron chi connectivity index (χ1n) is 7.46. The topological polar surface area (TPSA) is 52.6 Å². The highest BCUT2D eigenvalue weighted by atomic mass is 16.5. The average molecular weight is 312 g/mol. The Kier molecular flexibility index (Phi) is 5.52. The molecule has 0 atom stereocenters. The van der Waals surface area contributed by atoms with Gasteiger partial charge in [-0.25, -0.2) is 0 Å². The first-order valence-corrected chi connectivity index (χ1v) is 7.46. The van der Waals surface area contributed by atoms with Gasteiger partial charge in [-0.2, -0.15) is 0 Å². The summed E-state index contributed by atoms with van der Waals surface area (Å²) in [7, 11) is 0. The molecule has 0 heterocycles. The van der Waals surface area contributed by atoms with Crippen molar-refractivity contribution in [2.24, 2.45) is 0 Å². The van der Waals surface area contributed by atoms with E-state index in [1.54, 1.807) is 24.3 Å². The van der Waals surface area contributed by atoms with Crippen molar-refractivity contribution >= 4 is 11.6 Å². The van der Waals surface area contributed by atoms with Crippen molar-refractivity contribution in [2.45, 2.75) is 20.8 Å². The van der Waals surface area contributed by atoms with Crippen molar-refractivity contribution in [3.63, 3.8) is 0 Å². The lowest BCUT2D eigenvalue weighted by atomic mass is 10.1. The monoisotopic (exact) mass is 312 g/mol. The second kappa shape index (κ2) is 7.58. The molecule has 0 aliphatic rings. The number of ether oxygens (including phenoxy) is 2. The summed E-state index contributed by atoms with van der Waals surface area (Å²) in [6.45, 7) is 5.53. The lowest BCUT2D eigenvalue weighted by molar-refractivity contribution is 0.0996. The van der Waals surface area contributed by atoms with E-state index in [-0.39, 0.29) is 24.8 Å². The smallest absolute Gasteiger partial charge is 0.163 e. The highest BCUT2D eigenvalue weighted by Gasteiger charge is 2.10. The van der Waals surface area contributed by atoms with E-state index >= 15 is 0 Å². The fourth-order valence-corrected chi connectivity index (χ4v) is 2.23. The fourth-order valence-electron chi connectivity index (χ4n) is 2.23. The Hall–Kier alpha value is -2.62. The molecule has 0 aliphatic carbocycles. The molecule has 2 rings (SSSR count). The number of Topliss-reactive ketones (excluding diaryl/α,β-unsaturated/α-hetero) is 2. The van der Waals surface area contributed by atoms with Crippen molar-refractivity contribution < 1.29 is 19.1 Å². The molecule has 0 radical (unpaired) electrons. The second-order valence-corrected chi connectivity index (χ2v) is 5.31. The molecule has 0 amide bonds. The number of para-hydroxylation sites is 1. The average Bonchev–Trinajstić information content (AvgIpc) is 2.51. The van der Waals surface area contributed by atoms with E-state index in [4.69, 9.17) is 9.47 Å². The third-order valence-electron chi connectivity index (χ3n) is 3.38. The van der Waals surface area contributed by atoms with Gasteiger partial charge in [0.2, 0.25) is 0 Å². The number of carbonyl (C=O) groups excluding carboxylic acids is 2. The Morgan fingerprint density at radius 2 is 1.39 bits per heavy atom. The van der Waals surface area contributed by atoms with Crippen LogP contribution in [0.2, 0.25) is 0 Å². The fraction of sp³-hybridized carbons (Fsp3) is 0.263. The molecular formula is C19H20O4. The number of hydrogen-bond acceptors (Lipinski definition) is 4. The van der Waals surface area contributed by atoms with E-state index in [0.717, 1.165) is 5.56 Å². The Balaban J connectivity index is 1.98. The second-order valence-electron chi connectivity index (χ2n) is 5.31. The Morgan fingerprint density at radius 3 is 2.04 bits per heavy atom. The molecule has 4 nitrogen and oxygen atoms in total. The number of carbonyl (C=O) groups is 2. The van der Waals surface area contributed by atoms with Crippen LogP contribution >= 0.6 is 0 Å². The molecule has 2 aromatic carbocycles. The molecule has 0 aliphatic heterocycles. The van der Waals surface area contributed by atoms with E-state index in [1.807, 2.05) is 25.1 Å². The molecule has 0 bridgehead atoms. The molecule has 0 spiro atoms. The molecule has 0 aromatic heterocycles. The Bertz CT molecular complexity index is 719. The minimum Gasteiger partial charge on any atom is -0.489 e. The number of ketones is 2. The molecule has 0 N–H and O–H groups in total. The highest BCUT2D eigenvalue weighted by Crippen LogP contribution is 2.21. The van der Waals surface area contributed by atoms with Crippen LogP contribution in [0.15, 0.2) is 42.5 Å². The third-order valence-corrected chi connectivity index (χ3v) is 3.38. The van der Waals surface area contributed by atoms with Gasteiger partial charge in [0, 0.05) is 0 Å². The van der Waals surface area contributed by atoms with E-state index < -0.39 is 0 Å². The summed E-state index contributed by atoms with van der Waals surface area (Å²) in [6, 6.07) is 12.6. The molecule has 120 valence electrons. The first kappa shape index (κ1) is 16.7. The van der Waals surface area contributed by atoms with Crippen LogP contribution in [0.5, 0.6) is 11.5 Å². The maximum absolute atomic E-state index is 11.6. The molecule has 0 saturated carbocycles. The van der Waals surface area contributed by atoms with Crippen LogP contribution in [0.25, 0.3) is 0 Å². The van der Waals surface area contributed by atoms with Crippen LogP contribution in [0.1, 0.15) is 40.1 Å². The summed E-state index contributed by atoms with van der Waals surface area (Å²) in [5.74, 6) is 1.02. The minimum absolute atomic E-state index is 0.0390. The van der Waals surface area contributed by atoms with Crippen LogP contribution in [-0.4, -0.2) is 24.8 Å². The van der Waals surface area contributed by atoms with Gasteiger partial charge >= 0.3 is 0 Å². The van der Waals surface area contributed by atoms with Crippen molar-refractivity contribution in [3.05, 3.63) is 59.2 Å². The highest BCUT2D eigenvalue weighted by molar-refractivity contribution is 5.97. The summed E-state index contributed by atoms with van der Waals surface area (Å²) in [6.07, 6.45) is 0. The summed E-state index contributed by atoms with van der Waals surface area (Å²) < 4.78 is 11.3. The van der Waals surface area contributed by atoms with Crippen molar-refractivity contribution in [2.75, 3.05) is 13.2 Å². The molecule has 0 unspecified atom stereocenters. The van der Waals surface area contributed by atoms with Gasteiger partial charge in [0.05, 0.1) is 11.1 Å². The van der Waals surface area contributed by atoms with Crippen LogP contribution in [0.4, 0.5) is 0 Å². The van der Waals surface area contributed by atoms with E-state index in [2.05, 4.69) is 0 Å². The maximum Gasteiger partial charge on any atom is 0.163 e. The van der Waals surface area contributed by atoms with Crippen LogP contribution in [-0.2, 0) is 0 Å². The number of benzene rings is 2. The van der Waals surface area contributed by atoms with Gasteiger partial charge in [-0.3, -0.25) is 9.59 Å². The van der Waals surface area contributed by atoms with E-state index in [9.17, 15) is 9.59 Å². The van der Waals surface area contributed by atoms with Gasteiger partial charge in [-0.05, 0) is 50.6 Å². The maximum atomic E-state index is 11.6. The zero-order valence-corrected chi connectivity index (χ0v) is 13.6. The summed E-state index contributed by atoms with van der Waals surface area (Å²) in [5, 5.41) is 0. The van der Waals surface area contributed by atoms with Gasteiger partial charge in [-0.15, -0.1) is 0 Å². The summed E-state index contributed by atoms with van der Waals surface area (Å²) in [5.41, 5.74) is 2.13. The van der Waals surface area contributed by atoms with Crippen LogP contribution < -0.4 is 9.47 Å². The molecule has 4 heteroatoms. The predicted molar refractivity (Wildman–Crippen MR) is 88.6 cm³/mol. The van der Waals surface area contributed by atoms with Crippen LogP contribution in [0, 0.1) is 6.92 Å². The van der Waals surface area contributed by atoms with Gasteiger partial charge in [0.25, 0.3) is 0 Å². The third kappa shape index (κ3) is 4.42. The molecule has 2 aromatic rings. The molecule has 23 heavy (non-hydrogen) atoms. The zero-order chi connectivity index (χ0) is 16.8. The standard InChI is InChI=1S/C19H20O4/c1-13-8-9-17(15(3)21)19(12-13)23-11-10-22-18-7-5-4-6-16(18)14(2)20/h4-9,12H,10-11H2,1-3H3. The quantitative estimate of drug-likeness (QED) is 0.575. The van der Waals surface area contributed by atoms with E-state index in [1.165, 1.54) is 13.8 Å². The molecule has 0 fully saturated rings.